The summed E-state index contributed by atoms with van der Waals surface area (Å²) < 4.78 is 7.52. The van der Waals surface area contributed by atoms with Crippen molar-refractivity contribution < 1.29 is 9.53 Å². The molecule has 1 aliphatic rings. The molecule has 7 nitrogen and oxygen atoms in total. The third kappa shape index (κ3) is 2.86. The van der Waals surface area contributed by atoms with Crippen molar-refractivity contribution in [2.45, 2.75) is 32.4 Å². The number of benzene rings is 1. The Bertz CT molecular complexity index is 676. The van der Waals surface area contributed by atoms with E-state index in [0.717, 1.165) is 36.5 Å². The smallest absolute Gasteiger partial charge is 0.221 e. The summed E-state index contributed by atoms with van der Waals surface area (Å²) in [4.78, 5) is 11.2. The van der Waals surface area contributed by atoms with Gasteiger partial charge in [0.05, 0.1) is 11.4 Å². The maximum absolute atomic E-state index is 11.2. The quantitative estimate of drug-likeness (QED) is 0.893. The predicted octanol–water partition coefficient (Wildman–Crippen LogP) is 1.54. The Morgan fingerprint density at radius 1 is 1.55 bits per heavy atom. The minimum absolute atomic E-state index is 0.0297. The maximum Gasteiger partial charge on any atom is 0.221 e. The average Bonchev–Trinajstić information content (AvgIpc) is 3.15. The molecular weight excluding hydrogens is 282 g/mol. The molecular formula is C15H19N5O2. The molecule has 116 valence electrons. The van der Waals surface area contributed by atoms with Crippen LogP contribution in [0.25, 0.3) is 5.69 Å². The molecule has 1 atom stereocenters. The third-order valence-corrected chi connectivity index (χ3v) is 3.62. The molecule has 0 spiro atoms. The van der Waals surface area contributed by atoms with Crippen LogP contribution in [0.4, 0.5) is 5.69 Å². The standard InChI is InChI=1S/C15H19N5O2/c1-10(21)17-11-4-2-5-12(8-11)20-15(13(9-16)18-19-20)14-6-3-7-22-14/h2,4-5,8,14H,3,6-7,9,16H2,1H3,(H,17,21). The second-order valence-electron chi connectivity index (χ2n) is 5.27. The number of ether oxygens (including phenoxy) is 1. The van der Waals surface area contributed by atoms with Crippen LogP contribution in [0, 0.1) is 0 Å². The van der Waals surface area contributed by atoms with Crippen LogP contribution in [0.3, 0.4) is 0 Å². The minimum Gasteiger partial charge on any atom is -0.372 e. The van der Waals surface area contributed by atoms with Gasteiger partial charge in [-0.25, -0.2) is 4.68 Å². The summed E-state index contributed by atoms with van der Waals surface area (Å²) in [5.74, 6) is -0.113. The number of carbonyl (C=O) groups excluding carboxylic acids is 1. The van der Waals surface area contributed by atoms with Crippen LogP contribution in [0.1, 0.15) is 37.3 Å². The Morgan fingerprint density at radius 3 is 3.09 bits per heavy atom. The Kier molecular flexibility index (Phi) is 4.17. The van der Waals surface area contributed by atoms with Crippen molar-refractivity contribution in [1.29, 1.82) is 0 Å². The fraction of sp³-hybridized carbons (Fsp3) is 0.400. The summed E-state index contributed by atoms with van der Waals surface area (Å²) in [6, 6.07) is 7.47. The van der Waals surface area contributed by atoms with E-state index >= 15 is 0 Å². The van der Waals surface area contributed by atoms with Crippen molar-refractivity contribution in [2.24, 2.45) is 5.73 Å². The van der Waals surface area contributed by atoms with Crippen molar-refractivity contribution in [1.82, 2.24) is 15.0 Å². The van der Waals surface area contributed by atoms with Gasteiger partial charge in [-0.3, -0.25) is 4.79 Å². The molecule has 1 aromatic heterocycles. The number of hydrogen-bond donors (Lipinski definition) is 2. The molecule has 2 aromatic rings. The number of hydrogen-bond acceptors (Lipinski definition) is 5. The van der Waals surface area contributed by atoms with Gasteiger partial charge < -0.3 is 15.8 Å². The Labute approximate surface area is 128 Å². The zero-order valence-corrected chi connectivity index (χ0v) is 12.5. The molecule has 7 heteroatoms. The van der Waals surface area contributed by atoms with Gasteiger partial charge in [0.2, 0.25) is 5.91 Å². The molecule has 0 aliphatic carbocycles. The SMILES string of the molecule is CC(=O)Nc1cccc(-n2nnc(CN)c2C2CCCO2)c1. The zero-order valence-electron chi connectivity index (χ0n) is 12.5. The molecule has 1 aromatic carbocycles. The first-order chi connectivity index (χ1) is 10.7. The first-order valence-electron chi connectivity index (χ1n) is 7.33. The second kappa shape index (κ2) is 6.25. The number of amides is 1. The van der Waals surface area contributed by atoms with E-state index in [-0.39, 0.29) is 12.0 Å². The molecule has 3 N–H and O–H groups in total. The molecule has 1 aliphatic heterocycles. The van der Waals surface area contributed by atoms with Crippen LogP contribution in [0.2, 0.25) is 0 Å². The number of carbonyl (C=O) groups is 1. The van der Waals surface area contributed by atoms with E-state index in [9.17, 15) is 4.79 Å². The minimum atomic E-state index is -0.113. The normalized spacial score (nSPS) is 17.6. The molecule has 22 heavy (non-hydrogen) atoms. The average molecular weight is 301 g/mol. The van der Waals surface area contributed by atoms with E-state index in [4.69, 9.17) is 10.5 Å². The predicted molar refractivity (Wildman–Crippen MR) is 81.5 cm³/mol. The highest BCUT2D eigenvalue weighted by molar-refractivity contribution is 5.88. The van der Waals surface area contributed by atoms with Crippen molar-refractivity contribution in [3.05, 3.63) is 35.7 Å². The Balaban J connectivity index is 2.00. The van der Waals surface area contributed by atoms with Gasteiger partial charge in [0.1, 0.15) is 11.8 Å². The number of aromatic nitrogens is 3. The monoisotopic (exact) mass is 301 g/mol. The van der Waals surface area contributed by atoms with Gasteiger partial charge in [-0.1, -0.05) is 11.3 Å². The van der Waals surface area contributed by atoms with E-state index in [1.807, 2.05) is 24.3 Å². The lowest BCUT2D eigenvalue weighted by atomic mass is 10.1. The lowest BCUT2D eigenvalue weighted by molar-refractivity contribution is -0.114. The van der Waals surface area contributed by atoms with Crippen molar-refractivity contribution in [3.8, 4) is 5.69 Å². The van der Waals surface area contributed by atoms with Gasteiger partial charge in [0, 0.05) is 25.8 Å². The molecule has 1 fully saturated rings. The summed E-state index contributed by atoms with van der Waals surface area (Å²) in [5.41, 5.74) is 8.97. The van der Waals surface area contributed by atoms with Crippen molar-refractivity contribution in [3.63, 3.8) is 0 Å². The first-order valence-corrected chi connectivity index (χ1v) is 7.33. The lowest BCUT2D eigenvalue weighted by Crippen LogP contribution is -2.11. The van der Waals surface area contributed by atoms with Gasteiger partial charge in [0.15, 0.2) is 0 Å². The van der Waals surface area contributed by atoms with Crippen LogP contribution < -0.4 is 11.1 Å². The van der Waals surface area contributed by atoms with Crippen LogP contribution in [0.15, 0.2) is 24.3 Å². The van der Waals surface area contributed by atoms with E-state index in [1.54, 1.807) is 4.68 Å². The molecule has 1 amide bonds. The Hall–Kier alpha value is -2.25. The highest BCUT2D eigenvalue weighted by Gasteiger charge is 2.26. The first kappa shape index (κ1) is 14.7. The van der Waals surface area contributed by atoms with Gasteiger partial charge in [-0.2, -0.15) is 0 Å². The maximum atomic E-state index is 11.2. The van der Waals surface area contributed by atoms with Crippen LogP contribution in [-0.2, 0) is 16.1 Å². The summed E-state index contributed by atoms with van der Waals surface area (Å²) in [6.07, 6.45) is 1.93. The van der Waals surface area contributed by atoms with Crippen LogP contribution in [-0.4, -0.2) is 27.5 Å². The van der Waals surface area contributed by atoms with Crippen LogP contribution in [0.5, 0.6) is 0 Å². The molecule has 0 radical (unpaired) electrons. The molecule has 1 saturated heterocycles. The fourth-order valence-corrected chi connectivity index (χ4v) is 2.69. The number of anilines is 1. The summed E-state index contributed by atoms with van der Waals surface area (Å²) in [6.45, 7) is 2.54. The highest BCUT2D eigenvalue weighted by atomic mass is 16.5. The van der Waals surface area contributed by atoms with E-state index in [0.29, 0.717) is 12.2 Å². The summed E-state index contributed by atoms with van der Waals surface area (Å²) >= 11 is 0. The second-order valence-corrected chi connectivity index (χ2v) is 5.27. The molecule has 3 rings (SSSR count). The topological polar surface area (TPSA) is 95.1 Å². The largest absolute Gasteiger partial charge is 0.372 e. The summed E-state index contributed by atoms with van der Waals surface area (Å²) in [7, 11) is 0. The molecule has 1 unspecified atom stereocenters. The highest BCUT2D eigenvalue weighted by Crippen LogP contribution is 2.31. The van der Waals surface area contributed by atoms with Crippen LogP contribution >= 0.6 is 0 Å². The number of rotatable bonds is 4. The van der Waals surface area contributed by atoms with Gasteiger partial charge in [-0.05, 0) is 31.0 Å². The zero-order chi connectivity index (χ0) is 15.5. The van der Waals surface area contributed by atoms with E-state index in [1.165, 1.54) is 6.92 Å². The number of nitrogens with two attached hydrogens (primary N) is 1. The fourth-order valence-electron chi connectivity index (χ4n) is 2.69. The van der Waals surface area contributed by atoms with Gasteiger partial charge in [-0.15, -0.1) is 5.10 Å². The molecule has 0 saturated carbocycles. The van der Waals surface area contributed by atoms with E-state index in [2.05, 4.69) is 15.6 Å². The van der Waals surface area contributed by atoms with Crippen molar-refractivity contribution in [2.75, 3.05) is 11.9 Å². The number of nitrogens with zero attached hydrogens (tertiary/aromatic N) is 3. The van der Waals surface area contributed by atoms with Gasteiger partial charge in [0.25, 0.3) is 0 Å². The number of nitrogens with one attached hydrogen (secondary N) is 1. The molecule has 0 bridgehead atoms. The Morgan fingerprint density at radius 2 is 2.41 bits per heavy atom. The third-order valence-electron chi connectivity index (χ3n) is 3.62. The van der Waals surface area contributed by atoms with Crippen molar-refractivity contribution >= 4 is 11.6 Å². The van der Waals surface area contributed by atoms with E-state index < -0.39 is 0 Å². The lowest BCUT2D eigenvalue weighted by Gasteiger charge is -2.14. The summed E-state index contributed by atoms with van der Waals surface area (Å²) in [5, 5.41) is 11.2. The molecule has 2 heterocycles. The van der Waals surface area contributed by atoms with Gasteiger partial charge >= 0.3 is 0 Å².